The topological polar surface area (TPSA) is 79.4 Å². The quantitative estimate of drug-likeness (QED) is 0.458. The molecule has 20 heavy (non-hydrogen) atoms. The van der Waals surface area contributed by atoms with Crippen LogP contribution in [0.3, 0.4) is 0 Å². The van der Waals surface area contributed by atoms with Crippen LogP contribution in [0.2, 0.25) is 18.1 Å². The van der Waals surface area contributed by atoms with E-state index in [1.54, 1.807) is 0 Å². The van der Waals surface area contributed by atoms with Gasteiger partial charge >= 0.3 is 11.6 Å². The summed E-state index contributed by atoms with van der Waals surface area (Å²) in [7, 11) is -0.435. The third-order valence-corrected chi connectivity index (χ3v) is 8.23. The first-order chi connectivity index (χ1) is 9.08. The molecule has 0 fully saturated rings. The summed E-state index contributed by atoms with van der Waals surface area (Å²) in [5, 5.41) is 15.0. The van der Waals surface area contributed by atoms with Gasteiger partial charge < -0.3 is 9.16 Å². The summed E-state index contributed by atoms with van der Waals surface area (Å²) < 4.78 is 12.4. The minimum atomic E-state index is -1.80. The average Bonchev–Trinajstić information content (AvgIpc) is 2.70. The van der Waals surface area contributed by atoms with Gasteiger partial charge in [0.2, 0.25) is 0 Å². The molecule has 7 nitrogen and oxygen atoms in total. The highest BCUT2D eigenvalue weighted by atomic mass is 28.4. The maximum absolute atomic E-state index is 10.8. The Labute approximate surface area is 120 Å². The zero-order chi connectivity index (χ0) is 15.6. The largest absolute Gasteiger partial charge is 0.475 e. The summed E-state index contributed by atoms with van der Waals surface area (Å²) in [6.45, 7) is 11.8. The summed E-state index contributed by atoms with van der Waals surface area (Å²) in [6, 6.07) is 0. The Bertz CT molecular complexity index is 480. The van der Waals surface area contributed by atoms with Crippen LogP contribution in [-0.2, 0) is 11.0 Å². The Kier molecular flexibility index (Phi) is 4.93. The minimum Gasteiger partial charge on any atom is -0.475 e. The molecule has 0 spiro atoms. The molecular formula is C12H23N3O4Si. The van der Waals surface area contributed by atoms with E-state index in [1.165, 1.54) is 18.0 Å². The number of rotatable bonds is 6. The molecule has 114 valence electrons. The fraction of sp³-hybridized carbons (Fsp3) is 0.750. The minimum absolute atomic E-state index is 0.0299. The van der Waals surface area contributed by atoms with Crippen molar-refractivity contribution in [3.05, 3.63) is 16.3 Å². The van der Waals surface area contributed by atoms with E-state index in [4.69, 9.17) is 9.16 Å². The number of hydrogen-bond acceptors (Lipinski definition) is 5. The number of methoxy groups -OCH3 is 1. The zero-order valence-electron chi connectivity index (χ0n) is 13.0. The monoisotopic (exact) mass is 301 g/mol. The summed E-state index contributed by atoms with van der Waals surface area (Å²) in [5.41, 5.74) is -0.125. The van der Waals surface area contributed by atoms with Gasteiger partial charge in [0.1, 0.15) is 6.20 Å². The Morgan fingerprint density at radius 2 is 2.05 bits per heavy atom. The molecule has 0 aliphatic carbocycles. The predicted molar refractivity (Wildman–Crippen MR) is 78.6 cm³/mol. The van der Waals surface area contributed by atoms with Crippen molar-refractivity contribution in [1.82, 2.24) is 9.78 Å². The normalized spacial score (nSPS) is 12.5. The van der Waals surface area contributed by atoms with E-state index in [-0.39, 0.29) is 16.6 Å². The lowest BCUT2D eigenvalue weighted by molar-refractivity contribution is -0.385. The van der Waals surface area contributed by atoms with Gasteiger partial charge in [-0.3, -0.25) is 14.8 Å². The van der Waals surface area contributed by atoms with E-state index in [9.17, 15) is 10.1 Å². The molecule has 0 saturated heterocycles. The standard InChI is InChI=1S/C12H23N3O4Si/c1-12(2,3)20(5,6)19-8-7-14-9-10(15(16)17)11(13-14)18-4/h9H,7-8H2,1-6H3. The number of nitrogens with zero attached hydrogens (tertiary/aromatic N) is 3. The van der Waals surface area contributed by atoms with E-state index in [1.807, 2.05) is 0 Å². The van der Waals surface area contributed by atoms with Crippen molar-refractivity contribution in [2.75, 3.05) is 13.7 Å². The number of hydrogen-bond donors (Lipinski definition) is 0. The van der Waals surface area contributed by atoms with E-state index in [0.29, 0.717) is 13.2 Å². The Balaban J connectivity index is 2.66. The van der Waals surface area contributed by atoms with Crippen LogP contribution in [0.15, 0.2) is 6.20 Å². The third-order valence-electron chi connectivity index (χ3n) is 3.69. The van der Waals surface area contributed by atoms with Crippen LogP contribution < -0.4 is 4.74 Å². The molecule has 0 bridgehead atoms. The summed E-state index contributed by atoms with van der Waals surface area (Å²) in [6.07, 6.45) is 1.37. The van der Waals surface area contributed by atoms with Crippen LogP contribution >= 0.6 is 0 Å². The molecule has 0 amide bonds. The molecule has 1 aromatic rings. The second kappa shape index (κ2) is 5.92. The second-order valence-electron chi connectivity index (χ2n) is 6.15. The molecule has 0 N–H and O–H groups in total. The first-order valence-corrected chi connectivity index (χ1v) is 9.39. The molecule has 1 heterocycles. The Morgan fingerprint density at radius 1 is 1.45 bits per heavy atom. The molecule has 0 atom stereocenters. The van der Waals surface area contributed by atoms with Gasteiger partial charge in [-0.1, -0.05) is 20.8 Å². The van der Waals surface area contributed by atoms with Gasteiger partial charge in [-0.05, 0) is 18.1 Å². The molecule has 0 radical (unpaired) electrons. The van der Waals surface area contributed by atoms with Crippen molar-refractivity contribution in [2.45, 2.75) is 45.4 Å². The van der Waals surface area contributed by atoms with Gasteiger partial charge in [-0.15, -0.1) is 5.10 Å². The Morgan fingerprint density at radius 3 is 2.45 bits per heavy atom. The lowest BCUT2D eigenvalue weighted by atomic mass is 10.2. The summed E-state index contributed by atoms with van der Waals surface area (Å²) >= 11 is 0. The lowest BCUT2D eigenvalue weighted by Gasteiger charge is -2.36. The summed E-state index contributed by atoms with van der Waals surface area (Å²) in [4.78, 5) is 10.3. The fourth-order valence-corrected chi connectivity index (χ4v) is 2.42. The molecule has 0 saturated carbocycles. The molecule has 0 unspecified atom stereocenters. The van der Waals surface area contributed by atoms with Gasteiger partial charge in [-0.25, -0.2) is 0 Å². The van der Waals surface area contributed by atoms with Gasteiger partial charge in [-0.2, -0.15) is 0 Å². The average molecular weight is 301 g/mol. The van der Waals surface area contributed by atoms with E-state index < -0.39 is 13.2 Å². The first kappa shape index (κ1) is 16.6. The first-order valence-electron chi connectivity index (χ1n) is 6.48. The van der Waals surface area contributed by atoms with Crippen LogP contribution in [0.5, 0.6) is 5.88 Å². The highest BCUT2D eigenvalue weighted by Crippen LogP contribution is 2.36. The molecule has 0 aromatic carbocycles. The lowest BCUT2D eigenvalue weighted by Crippen LogP contribution is -2.41. The van der Waals surface area contributed by atoms with Gasteiger partial charge in [0.25, 0.3) is 0 Å². The SMILES string of the molecule is COc1nn(CCO[Si](C)(C)C(C)(C)C)cc1[N+](=O)[O-]. The van der Waals surface area contributed by atoms with Crippen molar-refractivity contribution in [1.29, 1.82) is 0 Å². The van der Waals surface area contributed by atoms with Gasteiger partial charge in [0.05, 0.1) is 25.2 Å². The highest BCUT2D eigenvalue weighted by Gasteiger charge is 2.36. The number of aromatic nitrogens is 2. The molecule has 1 aromatic heterocycles. The maximum atomic E-state index is 10.8. The Hall–Kier alpha value is -1.41. The molecule has 0 aliphatic heterocycles. The highest BCUT2D eigenvalue weighted by molar-refractivity contribution is 6.74. The van der Waals surface area contributed by atoms with Crippen molar-refractivity contribution in [3.63, 3.8) is 0 Å². The smallest absolute Gasteiger partial charge is 0.350 e. The van der Waals surface area contributed by atoms with Crippen molar-refractivity contribution in [3.8, 4) is 5.88 Å². The van der Waals surface area contributed by atoms with Crippen LogP contribution in [0, 0.1) is 10.1 Å². The fourth-order valence-electron chi connectivity index (χ4n) is 1.39. The van der Waals surface area contributed by atoms with Crippen molar-refractivity contribution in [2.24, 2.45) is 0 Å². The van der Waals surface area contributed by atoms with Crippen LogP contribution in [0.1, 0.15) is 20.8 Å². The van der Waals surface area contributed by atoms with Crippen LogP contribution in [0.4, 0.5) is 5.69 Å². The van der Waals surface area contributed by atoms with Gasteiger partial charge in [0.15, 0.2) is 8.32 Å². The molecular weight excluding hydrogens is 278 g/mol. The van der Waals surface area contributed by atoms with Gasteiger partial charge in [0, 0.05) is 0 Å². The zero-order valence-corrected chi connectivity index (χ0v) is 14.0. The van der Waals surface area contributed by atoms with E-state index >= 15 is 0 Å². The molecule has 8 heteroatoms. The summed E-state index contributed by atoms with van der Waals surface area (Å²) in [5.74, 6) is 0.0299. The predicted octanol–water partition coefficient (Wildman–Crippen LogP) is 2.82. The van der Waals surface area contributed by atoms with Crippen molar-refractivity contribution >= 4 is 14.0 Å². The van der Waals surface area contributed by atoms with E-state index in [0.717, 1.165) is 0 Å². The van der Waals surface area contributed by atoms with Crippen molar-refractivity contribution < 1.29 is 14.1 Å². The van der Waals surface area contributed by atoms with E-state index in [2.05, 4.69) is 39.0 Å². The third kappa shape index (κ3) is 3.79. The molecule has 1 rings (SSSR count). The van der Waals surface area contributed by atoms with Crippen LogP contribution in [0.25, 0.3) is 0 Å². The second-order valence-corrected chi connectivity index (χ2v) is 11.0. The van der Waals surface area contributed by atoms with Crippen LogP contribution in [-0.4, -0.2) is 36.7 Å². The maximum Gasteiger partial charge on any atom is 0.350 e. The number of ether oxygens (including phenoxy) is 1. The molecule has 0 aliphatic rings. The number of nitro groups is 1.